The van der Waals surface area contributed by atoms with Gasteiger partial charge in [0.15, 0.2) is 0 Å². The van der Waals surface area contributed by atoms with Gasteiger partial charge in [-0.15, -0.1) is 0 Å². The number of hydrogen-bond acceptors (Lipinski definition) is 5. The van der Waals surface area contributed by atoms with Crippen molar-refractivity contribution in [2.75, 3.05) is 42.2 Å². The van der Waals surface area contributed by atoms with Crippen molar-refractivity contribution in [2.24, 2.45) is 0 Å². The monoisotopic (exact) mass is 326 g/mol. The van der Waals surface area contributed by atoms with E-state index in [0.717, 1.165) is 22.5 Å². The van der Waals surface area contributed by atoms with Gasteiger partial charge in [0, 0.05) is 31.1 Å². The molecule has 2 aromatic rings. The number of imidazole rings is 1. The second-order valence-corrected chi connectivity index (χ2v) is 8.17. The van der Waals surface area contributed by atoms with Crippen LogP contribution in [-0.2, 0) is 10.0 Å². The Hall–Kier alpha value is -1.25. The zero-order chi connectivity index (χ0) is 14.7. The van der Waals surface area contributed by atoms with Crippen LogP contribution < -0.4 is 5.32 Å². The molecule has 21 heavy (non-hydrogen) atoms. The van der Waals surface area contributed by atoms with E-state index in [4.69, 9.17) is 0 Å². The lowest BCUT2D eigenvalue weighted by atomic mass is 10.3. The predicted octanol–water partition coefficient (Wildman–Crippen LogP) is 1.35. The third-order valence-corrected chi connectivity index (χ3v) is 6.22. The molecule has 1 aliphatic heterocycles. The number of thioether (sulfide) groups is 1. The molecule has 1 fully saturated rings. The summed E-state index contributed by atoms with van der Waals surface area (Å²) in [6, 6.07) is 7.71. The Morgan fingerprint density at radius 1 is 1.29 bits per heavy atom. The van der Waals surface area contributed by atoms with Gasteiger partial charge >= 0.3 is 0 Å². The molecular formula is C13H18N4O2S2. The molecule has 1 saturated heterocycles. The molecule has 8 heteroatoms. The van der Waals surface area contributed by atoms with Crippen LogP contribution in [0.25, 0.3) is 11.0 Å². The lowest BCUT2D eigenvalue weighted by Crippen LogP contribution is -2.40. The lowest BCUT2D eigenvalue weighted by Gasteiger charge is -2.25. The van der Waals surface area contributed by atoms with E-state index < -0.39 is 10.0 Å². The van der Waals surface area contributed by atoms with Gasteiger partial charge < -0.3 is 10.3 Å². The number of nitrogens with one attached hydrogen (secondary N) is 2. The summed E-state index contributed by atoms with van der Waals surface area (Å²) in [5.74, 6) is 2.47. The number of anilines is 1. The molecule has 0 saturated carbocycles. The number of aromatic nitrogens is 2. The Morgan fingerprint density at radius 2 is 2.05 bits per heavy atom. The van der Waals surface area contributed by atoms with Gasteiger partial charge in [0.05, 0.1) is 16.8 Å². The Balaban J connectivity index is 1.57. The number of nitrogens with zero attached hydrogens (tertiary/aromatic N) is 2. The van der Waals surface area contributed by atoms with Gasteiger partial charge in [-0.25, -0.2) is 17.7 Å². The van der Waals surface area contributed by atoms with Crippen molar-refractivity contribution >= 4 is 38.8 Å². The highest BCUT2D eigenvalue weighted by molar-refractivity contribution is 7.99. The molecule has 1 aromatic heterocycles. The molecular weight excluding hydrogens is 308 g/mol. The van der Waals surface area contributed by atoms with E-state index in [0.29, 0.717) is 25.6 Å². The highest BCUT2D eigenvalue weighted by Gasteiger charge is 2.23. The van der Waals surface area contributed by atoms with Crippen LogP contribution in [0, 0.1) is 0 Å². The van der Waals surface area contributed by atoms with Crippen molar-refractivity contribution in [1.29, 1.82) is 0 Å². The van der Waals surface area contributed by atoms with Gasteiger partial charge in [0.1, 0.15) is 0 Å². The molecule has 0 aliphatic carbocycles. The van der Waals surface area contributed by atoms with Crippen LogP contribution in [0.1, 0.15) is 0 Å². The zero-order valence-electron chi connectivity index (χ0n) is 11.6. The number of para-hydroxylation sites is 2. The first-order valence-corrected chi connectivity index (χ1v) is 9.66. The van der Waals surface area contributed by atoms with Gasteiger partial charge in [0.25, 0.3) is 0 Å². The van der Waals surface area contributed by atoms with Crippen LogP contribution in [0.3, 0.4) is 0 Å². The minimum absolute atomic E-state index is 0.0920. The van der Waals surface area contributed by atoms with Gasteiger partial charge in [0.2, 0.25) is 16.0 Å². The lowest BCUT2D eigenvalue weighted by molar-refractivity contribution is 0.444. The molecule has 6 nitrogen and oxygen atoms in total. The second kappa shape index (κ2) is 6.25. The summed E-state index contributed by atoms with van der Waals surface area (Å²) in [4.78, 5) is 7.49. The molecule has 3 rings (SSSR count). The van der Waals surface area contributed by atoms with Crippen molar-refractivity contribution in [2.45, 2.75) is 0 Å². The minimum Gasteiger partial charge on any atom is -0.355 e. The van der Waals surface area contributed by atoms with E-state index in [1.807, 2.05) is 24.3 Å². The van der Waals surface area contributed by atoms with Crippen LogP contribution >= 0.6 is 11.8 Å². The first-order valence-electron chi connectivity index (χ1n) is 6.89. The predicted molar refractivity (Wildman–Crippen MR) is 87.3 cm³/mol. The molecule has 0 spiro atoms. The Labute approximate surface area is 128 Å². The molecule has 0 bridgehead atoms. The second-order valence-electron chi connectivity index (χ2n) is 4.86. The van der Waals surface area contributed by atoms with E-state index in [1.54, 1.807) is 16.1 Å². The van der Waals surface area contributed by atoms with Crippen molar-refractivity contribution in [3.63, 3.8) is 0 Å². The number of sulfonamides is 1. The van der Waals surface area contributed by atoms with Gasteiger partial charge in [-0.1, -0.05) is 12.1 Å². The molecule has 0 radical (unpaired) electrons. The molecule has 0 amide bonds. The SMILES string of the molecule is O=S(=O)(CCNc1nc2ccccc2[nH]1)N1CCSCC1. The Bertz CT molecular complexity index is 675. The third kappa shape index (κ3) is 3.50. The average Bonchev–Trinajstić information content (AvgIpc) is 2.90. The number of rotatable bonds is 5. The Morgan fingerprint density at radius 3 is 2.81 bits per heavy atom. The standard InChI is InChI=1S/C13H18N4O2S2/c18-21(19,17-6-8-20-9-7-17)10-5-14-13-15-11-3-1-2-4-12(11)16-13/h1-4H,5-10H2,(H2,14,15,16). The summed E-state index contributed by atoms with van der Waals surface area (Å²) >= 11 is 1.80. The fourth-order valence-corrected chi connectivity index (χ4v) is 4.78. The normalized spacial score (nSPS) is 17.1. The van der Waals surface area contributed by atoms with E-state index in [2.05, 4.69) is 15.3 Å². The molecule has 0 atom stereocenters. The summed E-state index contributed by atoms with van der Waals surface area (Å²) in [5, 5.41) is 3.05. The van der Waals surface area contributed by atoms with Crippen LogP contribution in [0.2, 0.25) is 0 Å². The van der Waals surface area contributed by atoms with Gasteiger partial charge in [-0.05, 0) is 12.1 Å². The van der Waals surface area contributed by atoms with Crippen LogP contribution in [0.15, 0.2) is 24.3 Å². The smallest absolute Gasteiger partial charge is 0.215 e. The molecule has 2 N–H and O–H groups in total. The first kappa shape index (κ1) is 14.7. The maximum atomic E-state index is 12.2. The molecule has 0 unspecified atom stereocenters. The molecule has 1 aromatic carbocycles. The average molecular weight is 326 g/mol. The van der Waals surface area contributed by atoms with Crippen molar-refractivity contribution in [3.8, 4) is 0 Å². The molecule has 2 heterocycles. The molecule has 1 aliphatic rings. The maximum absolute atomic E-state index is 12.2. The number of benzene rings is 1. The summed E-state index contributed by atoms with van der Waals surface area (Å²) in [6.07, 6.45) is 0. The highest BCUT2D eigenvalue weighted by atomic mass is 32.2. The third-order valence-electron chi connectivity index (χ3n) is 3.41. The summed E-state index contributed by atoms with van der Waals surface area (Å²) in [6.45, 7) is 1.60. The van der Waals surface area contributed by atoms with Crippen LogP contribution in [-0.4, -0.2) is 59.6 Å². The fraction of sp³-hybridized carbons (Fsp3) is 0.462. The number of hydrogen-bond donors (Lipinski definition) is 2. The summed E-state index contributed by atoms with van der Waals surface area (Å²) < 4.78 is 26.0. The minimum atomic E-state index is -3.17. The number of fused-ring (bicyclic) bond motifs is 1. The zero-order valence-corrected chi connectivity index (χ0v) is 13.2. The van der Waals surface area contributed by atoms with E-state index in [1.165, 1.54) is 0 Å². The maximum Gasteiger partial charge on any atom is 0.215 e. The van der Waals surface area contributed by atoms with E-state index in [-0.39, 0.29) is 5.75 Å². The Kier molecular flexibility index (Phi) is 4.37. The fourth-order valence-electron chi connectivity index (χ4n) is 2.29. The van der Waals surface area contributed by atoms with Gasteiger partial charge in [-0.2, -0.15) is 11.8 Å². The van der Waals surface area contributed by atoms with Crippen molar-refractivity contribution < 1.29 is 8.42 Å². The number of aromatic amines is 1. The quantitative estimate of drug-likeness (QED) is 0.867. The summed E-state index contributed by atoms with van der Waals surface area (Å²) in [5.41, 5.74) is 1.81. The van der Waals surface area contributed by atoms with Crippen molar-refractivity contribution in [3.05, 3.63) is 24.3 Å². The van der Waals surface area contributed by atoms with E-state index >= 15 is 0 Å². The highest BCUT2D eigenvalue weighted by Crippen LogP contribution is 2.15. The topological polar surface area (TPSA) is 78.1 Å². The van der Waals surface area contributed by atoms with Crippen LogP contribution in [0.5, 0.6) is 0 Å². The number of H-pyrrole nitrogens is 1. The van der Waals surface area contributed by atoms with Crippen molar-refractivity contribution in [1.82, 2.24) is 14.3 Å². The molecule has 114 valence electrons. The first-order chi connectivity index (χ1) is 10.1. The largest absolute Gasteiger partial charge is 0.355 e. The van der Waals surface area contributed by atoms with E-state index in [9.17, 15) is 8.42 Å². The van der Waals surface area contributed by atoms with Crippen LogP contribution in [0.4, 0.5) is 5.95 Å². The summed E-state index contributed by atoms with van der Waals surface area (Å²) in [7, 11) is -3.17. The van der Waals surface area contributed by atoms with Gasteiger partial charge in [-0.3, -0.25) is 0 Å².